The highest BCUT2D eigenvalue weighted by atomic mass is 35.5. The first kappa shape index (κ1) is 20.4. The number of nitrogens with two attached hydrogens (primary N) is 1. The van der Waals surface area contributed by atoms with E-state index >= 15 is 0 Å². The van der Waals surface area contributed by atoms with Crippen molar-refractivity contribution in [3.05, 3.63) is 58.1 Å². The average Bonchev–Trinajstić information content (AvgIpc) is 2.95. The van der Waals surface area contributed by atoms with Crippen LogP contribution in [0.25, 0.3) is 0 Å². The Bertz CT molecular complexity index is 951. The summed E-state index contributed by atoms with van der Waals surface area (Å²) in [6.45, 7) is 2.13. The Morgan fingerprint density at radius 3 is 2.62 bits per heavy atom. The highest BCUT2D eigenvalue weighted by molar-refractivity contribution is 7.80. The summed E-state index contributed by atoms with van der Waals surface area (Å²) < 4.78 is 0. The standard InChI is InChI=1S/C20H21Cl2N5OS/c1-10-6-11-4-2-3-5-15(11)27(10)20-25-17(23)16(18(28)26-20)19(29)24-14-8-12(21)7-13(22)9-14/h2-5,7-10,16-17,20,25H,6,23H2,1H3,(H,24,29)(H,26,28). The number of carbonyl (C=O) groups is 1. The van der Waals surface area contributed by atoms with Gasteiger partial charge in [0, 0.05) is 27.5 Å². The molecule has 5 N–H and O–H groups in total. The maximum Gasteiger partial charge on any atom is 0.235 e. The minimum absolute atomic E-state index is 0.229. The van der Waals surface area contributed by atoms with Crippen molar-refractivity contribution in [3.8, 4) is 0 Å². The molecule has 29 heavy (non-hydrogen) atoms. The van der Waals surface area contributed by atoms with Crippen LogP contribution in [0.2, 0.25) is 10.0 Å². The Hall–Kier alpha value is -1.90. The Morgan fingerprint density at radius 1 is 1.24 bits per heavy atom. The van der Waals surface area contributed by atoms with Gasteiger partial charge >= 0.3 is 0 Å². The number of nitrogens with one attached hydrogen (secondary N) is 3. The molecule has 4 unspecified atom stereocenters. The molecule has 0 bridgehead atoms. The summed E-state index contributed by atoms with van der Waals surface area (Å²) in [5.74, 6) is -0.962. The SMILES string of the molecule is CC1Cc2ccccc2N1C1NC(=O)C(C(=S)Nc2cc(Cl)cc(Cl)c2)C(N)N1. The number of amides is 1. The van der Waals surface area contributed by atoms with Gasteiger partial charge in [0.1, 0.15) is 5.92 Å². The lowest BCUT2D eigenvalue weighted by molar-refractivity contribution is -0.126. The van der Waals surface area contributed by atoms with Gasteiger partial charge in [-0.1, -0.05) is 53.6 Å². The summed E-state index contributed by atoms with van der Waals surface area (Å²) in [6.07, 6.45) is -0.141. The smallest absolute Gasteiger partial charge is 0.235 e. The van der Waals surface area contributed by atoms with Gasteiger partial charge in [0.25, 0.3) is 0 Å². The third-order valence-corrected chi connectivity index (χ3v) is 6.01. The molecule has 4 rings (SSSR count). The number of para-hydroxylation sites is 1. The zero-order valence-corrected chi connectivity index (χ0v) is 18.0. The number of halogens is 2. The summed E-state index contributed by atoms with van der Waals surface area (Å²) >= 11 is 17.5. The van der Waals surface area contributed by atoms with Crippen molar-refractivity contribution in [2.75, 3.05) is 10.2 Å². The van der Waals surface area contributed by atoms with Gasteiger partial charge in [0.05, 0.1) is 11.2 Å². The van der Waals surface area contributed by atoms with Crippen molar-refractivity contribution in [2.45, 2.75) is 31.8 Å². The highest BCUT2D eigenvalue weighted by Crippen LogP contribution is 2.33. The van der Waals surface area contributed by atoms with E-state index in [0.29, 0.717) is 20.7 Å². The summed E-state index contributed by atoms with van der Waals surface area (Å²) in [5.41, 5.74) is 9.28. The van der Waals surface area contributed by atoms with Gasteiger partial charge in [-0.15, -0.1) is 0 Å². The Balaban J connectivity index is 1.49. The van der Waals surface area contributed by atoms with Gasteiger partial charge in [-0.05, 0) is 43.2 Å². The van der Waals surface area contributed by atoms with Crippen molar-refractivity contribution >= 4 is 57.7 Å². The molecule has 9 heteroatoms. The second-order valence-corrected chi connectivity index (χ2v) is 8.63. The summed E-state index contributed by atoms with van der Waals surface area (Å²) in [4.78, 5) is 15.4. The van der Waals surface area contributed by atoms with Crippen LogP contribution in [0.15, 0.2) is 42.5 Å². The fourth-order valence-corrected chi connectivity index (χ4v) is 4.87. The van der Waals surface area contributed by atoms with E-state index in [4.69, 9.17) is 41.2 Å². The first-order valence-corrected chi connectivity index (χ1v) is 10.4. The quantitative estimate of drug-likeness (QED) is 0.539. The van der Waals surface area contributed by atoms with Crippen LogP contribution in [0.1, 0.15) is 12.5 Å². The van der Waals surface area contributed by atoms with Crippen molar-refractivity contribution < 1.29 is 4.79 Å². The second-order valence-electron chi connectivity index (χ2n) is 7.32. The molecule has 0 spiro atoms. The first-order chi connectivity index (χ1) is 13.8. The molecule has 2 aliphatic rings. The average molecular weight is 450 g/mol. The van der Waals surface area contributed by atoms with Crippen molar-refractivity contribution in [2.24, 2.45) is 11.7 Å². The topological polar surface area (TPSA) is 82.4 Å². The largest absolute Gasteiger partial charge is 0.349 e. The number of thiocarbonyl (C=S) groups is 1. The number of nitrogens with zero attached hydrogens (tertiary/aromatic N) is 1. The Labute approximate surface area is 184 Å². The summed E-state index contributed by atoms with van der Waals surface area (Å²) in [6, 6.07) is 13.4. The zero-order chi connectivity index (χ0) is 20.7. The Morgan fingerprint density at radius 2 is 1.93 bits per heavy atom. The molecule has 2 aromatic carbocycles. The van der Waals surface area contributed by atoms with Gasteiger partial charge in [0.2, 0.25) is 5.91 Å². The van der Waals surface area contributed by atoms with E-state index in [-0.39, 0.29) is 11.9 Å². The molecule has 0 saturated carbocycles. The molecule has 4 atom stereocenters. The molecule has 2 heterocycles. The molecule has 0 radical (unpaired) electrons. The van der Waals surface area contributed by atoms with Crippen LogP contribution in [0, 0.1) is 5.92 Å². The van der Waals surface area contributed by atoms with Gasteiger partial charge in [-0.3, -0.25) is 10.1 Å². The molecule has 1 amide bonds. The number of benzene rings is 2. The van der Waals surface area contributed by atoms with Crippen LogP contribution in [0.4, 0.5) is 11.4 Å². The fraction of sp³-hybridized carbons (Fsp3) is 0.300. The minimum Gasteiger partial charge on any atom is -0.349 e. The fourth-order valence-electron chi connectivity index (χ4n) is 3.97. The molecule has 1 saturated heterocycles. The second kappa shape index (κ2) is 8.08. The number of hydrogen-bond acceptors (Lipinski definition) is 5. The van der Waals surface area contributed by atoms with Gasteiger partial charge in [-0.25, -0.2) is 0 Å². The van der Waals surface area contributed by atoms with Crippen molar-refractivity contribution in [1.29, 1.82) is 0 Å². The molecule has 2 aliphatic heterocycles. The molecule has 0 aliphatic carbocycles. The summed E-state index contributed by atoms with van der Waals surface area (Å²) in [5, 5.41) is 10.3. The molecular weight excluding hydrogens is 429 g/mol. The van der Waals surface area contributed by atoms with E-state index in [1.165, 1.54) is 5.56 Å². The normalized spacial score (nSPS) is 26.1. The van der Waals surface area contributed by atoms with Crippen molar-refractivity contribution in [3.63, 3.8) is 0 Å². The van der Waals surface area contributed by atoms with Crippen LogP contribution in [-0.4, -0.2) is 29.4 Å². The van der Waals surface area contributed by atoms with Crippen LogP contribution in [0.3, 0.4) is 0 Å². The van der Waals surface area contributed by atoms with Gasteiger partial charge in [0.15, 0.2) is 6.29 Å². The number of fused-ring (bicyclic) bond motifs is 1. The Kier molecular flexibility index (Phi) is 5.68. The third kappa shape index (κ3) is 4.06. The van der Waals surface area contributed by atoms with E-state index in [1.807, 2.05) is 12.1 Å². The maximum absolute atomic E-state index is 12.9. The van der Waals surface area contributed by atoms with E-state index < -0.39 is 18.4 Å². The van der Waals surface area contributed by atoms with Crippen LogP contribution < -0.4 is 26.6 Å². The van der Waals surface area contributed by atoms with E-state index in [1.54, 1.807) is 18.2 Å². The number of carbonyl (C=O) groups excluding carboxylic acids is 1. The van der Waals surface area contributed by atoms with Gasteiger partial charge in [-0.2, -0.15) is 0 Å². The molecule has 6 nitrogen and oxygen atoms in total. The molecule has 152 valence electrons. The number of hydrogen-bond donors (Lipinski definition) is 4. The number of anilines is 2. The minimum atomic E-state index is -0.729. The summed E-state index contributed by atoms with van der Waals surface area (Å²) in [7, 11) is 0. The van der Waals surface area contributed by atoms with Crippen LogP contribution >= 0.6 is 35.4 Å². The van der Waals surface area contributed by atoms with Crippen molar-refractivity contribution in [1.82, 2.24) is 10.6 Å². The monoisotopic (exact) mass is 449 g/mol. The lowest BCUT2D eigenvalue weighted by atomic mass is 10.0. The van der Waals surface area contributed by atoms with Crippen LogP contribution in [0.5, 0.6) is 0 Å². The molecule has 0 aromatic heterocycles. The first-order valence-electron chi connectivity index (χ1n) is 9.28. The van der Waals surface area contributed by atoms with E-state index in [0.717, 1.165) is 12.1 Å². The van der Waals surface area contributed by atoms with E-state index in [9.17, 15) is 4.79 Å². The predicted octanol–water partition coefficient (Wildman–Crippen LogP) is 3.09. The predicted molar refractivity (Wildman–Crippen MR) is 121 cm³/mol. The molecule has 1 fully saturated rings. The zero-order valence-electron chi connectivity index (χ0n) is 15.7. The lowest BCUT2D eigenvalue weighted by Crippen LogP contribution is -2.71. The maximum atomic E-state index is 12.9. The third-order valence-electron chi connectivity index (χ3n) is 5.22. The lowest BCUT2D eigenvalue weighted by Gasteiger charge is -2.42. The van der Waals surface area contributed by atoms with E-state index in [2.05, 4.69) is 39.9 Å². The van der Waals surface area contributed by atoms with Gasteiger partial charge < -0.3 is 21.3 Å². The van der Waals surface area contributed by atoms with Crippen LogP contribution in [-0.2, 0) is 11.2 Å². The highest BCUT2D eigenvalue weighted by Gasteiger charge is 2.41. The molecule has 2 aromatic rings. The molecular formula is C20H21Cl2N5OS. The number of rotatable bonds is 3.